The molecule has 2 aromatic rings. The zero-order valence-electron chi connectivity index (χ0n) is 13.3. The molecule has 1 unspecified atom stereocenters. The lowest BCUT2D eigenvalue weighted by atomic mass is 10.1. The molecule has 0 spiro atoms. The Morgan fingerprint density at radius 2 is 1.74 bits per heavy atom. The molecule has 1 atom stereocenters. The van der Waals surface area contributed by atoms with Crippen molar-refractivity contribution < 1.29 is 19.4 Å². The summed E-state index contributed by atoms with van der Waals surface area (Å²) in [5, 5.41) is 11.7. The first-order chi connectivity index (χ1) is 10.9. The molecule has 0 saturated heterocycles. The van der Waals surface area contributed by atoms with Crippen molar-refractivity contribution in [3.05, 3.63) is 59.2 Å². The summed E-state index contributed by atoms with van der Waals surface area (Å²) in [6.07, 6.45) is -0.940. The summed E-state index contributed by atoms with van der Waals surface area (Å²) in [7, 11) is 0. The first-order valence-electron chi connectivity index (χ1n) is 7.25. The molecule has 0 saturated carbocycles. The van der Waals surface area contributed by atoms with E-state index < -0.39 is 12.1 Å². The van der Waals surface area contributed by atoms with Crippen LogP contribution < -0.4 is 10.1 Å². The SMILES string of the molecule is Cc1cccc(NC(=O)c2ccc(OC(C)C(=O)O)cc2)c1C. The zero-order chi connectivity index (χ0) is 17.0. The van der Waals surface area contributed by atoms with Crippen LogP contribution in [0.1, 0.15) is 28.4 Å². The van der Waals surface area contributed by atoms with Crippen LogP contribution in [0, 0.1) is 13.8 Å². The lowest BCUT2D eigenvalue weighted by molar-refractivity contribution is -0.144. The normalized spacial score (nSPS) is 11.6. The second-order valence-corrected chi connectivity index (χ2v) is 5.32. The van der Waals surface area contributed by atoms with Crippen LogP contribution in [0.15, 0.2) is 42.5 Å². The number of amides is 1. The van der Waals surface area contributed by atoms with Gasteiger partial charge in [0.05, 0.1) is 0 Å². The number of aryl methyl sites for hydroxylation is 1. The minimum absolute atomic E-state index is 0.225. The van der Waals surface area contributed by atoms with Crippen LogP contribution in [0.2, 0.25) is 0 Å². The molecular formula is C18H19NO4. The van der Waals surface area contributed by atoms with Gasteiger partial charge in [0, 0.05) is 11.3 Å². The van der Waals surface area contributed by atoms with Gasteiger partial charge in [-0.2, -0.15) is 0 Å². The van der Waals surface area contributed by atoms with Crippen molar-refractivity contribution in [1.82, 2.24) is 0 Å². The molecule has 5 nitrogen and oxygen atoms in total. The Hall–Kier alpha value is -2.82. The van der Waals surface area contributed by atoms with Gasteiger partial charge in [0.2, 0.25) is 0 Å². The van der Waals surface area contributed by atoms with Gasteiger partial charge in [-0.15, -0.1) is 0 Å². The average Bonchev–Trinajstić information content (AvgIpc) is 2.52. The number of carboxylic acids is 1. The number of hydrogen-bond donors (Lipinski definition) is 2. The summed E-state index contributed by atoms with van der Waals surface area (Å²) >= 11 is 0. The van der Waals surface area contributed by atoms with Gasteiger partial charge in [0.1, 0.15) is 5.75 Å². The van der Waals surface area contributed by atoms with Crippen LogP contribution in [0.5, 0.6) is 5.75 Å². The van der Waals surface area contributed by atoms with Gasteiger partial charge in [0.25, 0.3) is 5.91 Å². The van der Waals surface area contributed by atoms with Gasteiger partial charge < -0.3 is 15.2 Å². The second kappa shape index (κ2) is 6.96. The number of benzene rings is 2. The smallest absolute Gasteiger partial charge is 0.344 e. The number of carboxylic acid groups (broad SMARTS) is 1. The third-order valence-electron chi connectivity index (χ3n) is 3.63. The highest BCUT2D eigenvalue weighted by Gasteiger charge is 2.13. The Bertz CT molecular complexity index is 722. The molecule has 120 valence electrons. The molecule has 5 heteroatoms. The molecule has 0 aliphatic heterocycles. The summed E-state index contributed by atoms with van der Waals surface area (Å²) in [6.45, 7) is 5.39. The fraction of sp³-hybridized carbons (Fsp3) is 0.222. The van der Waals surface area contributed by atoms with Crippen molar-refractivity contribution in [3.8, 4) is 5.75 Å². The molecule has 2 rings (SSSR count). The quantitative estimate of drug-likeness (QED) is 0.887. The molecule has 2 N–H and O–H groups in total. The van der Waals surface area contributed by atoms with Crippen LogP contribution in [0.3, 0.4) is 0 Å². The maximum absolute atomic E-state index is 12.3. The minimum atomic E-state index is -1.04. The number of rotatable bonds is 5. The highest BCUT2D eigenvalue weighted by Crippen LogP contribution is 2.20. The van der Waals surface area contributed by atoms with Crippen molar-refractivity contribution in [1.29, 1.82) is 0 Å². The molecule has 1 amide bonds. The van der Waals surface area contributed by atoms with Crippen LogP contribution in [0.25, 0.3) is 0 Å². The van der Waals surface area contributed by atoms with Crippen LogP contribution in [0.4, 0.5) is 5.69 Å². The Morgan fingerprint density at radius 3 is 2.35 bits per heavy atom. The summed E-state index contributed by atoms with van der Waals surface area (Å²) in [5.74, 6) is -0.860. The largest absolute Gasteiger partial charge is 0.479 e. The van der Waals surface area contributed by atoms with Crippen molar-refractivity contribution in [2.24, 2.45) is 0 Å². The van der Waals surface area contributed by atoms with Gasteiger partial charge in [-0.05, 0) is 62.2 Å². The molecular weight excluding hydrogens is 294 g/mol. The van der Waals surface area contributed by atoms with E-state index in [1.165, 1.54) is 6.92 Å². The second-order valence-electron chi connectivity index (χ2n) is 5.32. The van der Waals surface area contributed by atoms with Crippen molar-refractivity contribution in [3.63, 3.8) is 0 Å². The van der Waals surface area contributed by atoms with Crippen molar-refractivity contribution in [2.75, 3.05) is 5.32 Å². The summed E-state index contributed by atoms with van der Waals surface area (Å²) < 4.78 is 5.23. The van der Waals surface area contributed by atoms with E-state index in [0.29, 0.717) is 11.3 Å². The zero-order valence-corrected chi connectivity index (χ0v) is 13.3. The lowest BCUT2D eigenvalue weighted by Crippen LogP contribution is -2.22. The molecule has 0 heterocycles. The summed E-state index contributed by atoms with van der Waals surface area (Å²) in [5.41, 5.74) is 3.38. The first-order valence-corrected chi connectivity index (χ1v) is 7.25. The Morgan fingerprint density at radius 1 is 1.09 bits per heavy atom. The molecule has 0 aliphatic rings. The van der Waals surface area contributed by atoms with Gasteiger partial charge in [-0.3, -0.25) is 4.79 Å². The summed E-state index contributed by atoms with van der Waals surface area (Å²) in [6, 6.07) is 12.1. The maximum atomic E-state index is 12.3. The van der Waals surface area contributed by atoms with Gasteiger partial charge >= 0.3 is 5.97 Å². The van der Waals surface area contributed by atoms with Gasteiger partial charge in [0.15, 0.2) is 6.10 Å². The summed E-state index contributed by atoms with van der Waals surface area (Å²) in [4.78, 5) is 23.0. The Balaban J connectivity index is 2.08. The minimum Gasteiger partial charge on any atom is -0.479 e. The predicted octanol–water partition coefficient (Wildman–Crippen LogP) is 3.41. The average molecular weight is 313 g/mol. The predicted molar refractivity (Wildman–Crippen MR) is 88.0 cm³/mol. The molecule has 0 aromatic heterocycles. The molecule has 23 heavy (non-hydrogen) atoms. The van der Waals surface area contributed by atoms with E-state index >= 15 is 0 Å². The fourth-order valence-corrected chi connectivity index (χ4v) is 2.02. The first kappa shape index (κ1) is 16.5. The van der Waals surface area contributed by atoms with E-state index in [0.717, 1.165) is 16.8 Å². The monoisotopic (exact) mass is 313 g/mol. The number of anilines is 1. The molecule has 0 bridgehead atoms. The Labute approximate surface area is 134 Å². The van der Waals surface area contributed by atoms with Crippen LogP contribution in [-0.4, -0.2) is 23.1 Å². The third-order valence-corrected chi connectivity index (χ3v) is 3.63. The number of carbonyl (C=O) groups is 2. The standard InChI is InChI=1S/C18H19NO4/c1-11-5-4-6-16(12(11)2)19-17(20)14-7-9-15(10-8-14)23-13(3)18(21)22/h4-10,13H,1-3H3,(H,19,20)(H,21,22). The van der Waals surface area contributed by atoms with E-state index in [2.05, 4.69) is 5.32 Å². The van der Waals surface area contributed by atoms with E-state index in [4.69, 9.17) is 9.84 Å². The van der Waals surface area contributed by atoms with E-state index in [1.807, 2.05) is 32.0 Å². The topological polar surface area (TPSA) is 75.6 Å². The number of ether oxygens (including phenoxy) is 1. The van der Waals surface area contributed by atoms with Crippen molar-refractivity contribution in [2.45, 2.75) is 26.9 Å². The molecule has 0 radical (unpaired) electrons. The van der Waals surface area contributed by atoms with Crippen LogP contribution in [-0.2, 0) is 4.79 Å². The molecule has 0 aliphatic carbocycles. The van der Waals surface area contributed by atoms with Crippen LogP contribution >= 0.6 is 0 Å². The number of aliphatic carboxylic acids is 1. The number of carbonyl (C=O) groups excluding carboxylic acids is 1. The Kier molecular flexibility index (Phi) is 5.01. The van der Waals surface area contributed by atoms with E-state index in [9.17, 15) is 9.59 Å². The van der Waals surface area contributed by atoms with Gasteiger partial charge in [-0.1, -0.05) is 12.1 Å². The maximum Gasteiger partial charge on any atom is 0.344 e. The third kappa shape index (κ3) is 4.10. The van der Waals surface area contributed by atoms with E-state index in [-0.39, 0.29) is 5.91 Å². The number of nitrogens with one attached hydrogen (secondary N) is 1. The molecule has 0 fully saturated rings. The van der Waals surface area contributed by atoms with Gasteiger partial charge in [-0.25, -0.2) is 4.79 Å². The van der Waals surface area contributed by atoms with E-state index in [1.54, 1.807) is 24.3 Å². The highest BCUT2D eigenvalue weighted by molar-refractivity contribution is 6.04. The fourth-order valence-electron chi connectivity index (χ4n) is 2.02. The molecule has 2 aromatic carbocycles. The van der Waals surface area contributed by atoms with Crippen molar-refractivity contribution >= 4 is 17.6 Å². The lowest BCUT2D eigenvalue weighted by Gasteiger charge is -2.12. The highest BCUT2D eigenvalue weighted by atomic mass is 16.5. The number of hydrogen-bond acceptors (Lipinski definition) is 3.